The number of unbranched alkanes of at least 4 members (excludes halogenated alkanes) is 4. The molecule has 1 fully saturated rings. The minimum Gasteiger partial charge on any atom is -0.505 e. The molecule has 1 saturated heterocycles. The van der Waals surface area contributed by atoms with E-state index in [-0.39, 0.29) is 0 Å². The van der Waals surface area contributed by atoms with E-state index in [1.807, 2.05) is 0 Å². The molecule has 12 nitrogen and oxygen atoms in total. The fourth-order valence-corrected chi connectivity index (χ4v) is 4.20. The van der Waals surface area contributed by atoms with Gasteiger partial charge in [-0.3, -0.25) is 4.79 Å². The summed E-state index contributed by atoms with van der Waals surface area (Å²) in [5, 5.41) is 59.6. The highest BCUT2D eigenvalue weighted by atomic mass is 16.7. The molecule has 0 saturated carbocycles. The third-order valence-electron chi connectivity index (χ3n) is 6.43. The number of hydrogen-bond acceptors (Lipinski definition) is 12. The lowest BCUT2D eigenvalue weighted by molar-refractivity contribution is -0.291. The van der Waals surface area contributed by atoms with E-state index >= 15 is 0 Å². The fourth-order valence-electron chi connectivity index (χ4n) is 4.20. The first-order valence-corrected chi connectivity index (χ1v) is 12.6. The molecular weight excluding hydrogens is 480 g/mol. The Balaban J connectivity index is 2.11. The number of ether oxygens (including phenoxy) is 4. The van der Waals surface area contributed by atoms with Crippen molar-refractivity contribution in [3.63, 3.8) is 0 Å². The maximum absolute atomic E-state index is 12.9. The molecule has 0 aromatic rings. The minimum atomic E-state index is -1.83. The molecule has 2 aliphatic heterocycles. The van der Waals surface area contributed by atoms with Crippen LogP contribution < -0.4 is 0 Å². The van der Waals surface area contributed by atoms with E-state index in [2.05, 4.69) is 13.8 Å². The molecule has 0 aromatic carbocycles. The van der Waals surface area contributed by atoms with Gasteiger partial charge in [-0.05, 0) is 12.8 Å². The molecule has 0 bridgehead atoms. The average Bonchev–Trinajstić information content (AvgIpc) is 3.14. The fraction of sp³-hybridized carbons (Fsp3) is 0.833. The van der Waals surface area contributed by atoms with E-state index in [1.54, 1.807) is 0 Å². The van der Waals surface area contributed by atoms with Crippen LogP contribution >= 0.6 is 0 Å². The Morgan fingerprint density at radius 1 is 0.972 bits per heavy atom. The first-order chi connectivity index (χ1) is 17.2. The van der Waals surface area contributed by atoms with E-state index in [4.69, 9.17) is 18.9 Å². The maximum atomic E-state index is 12.9. The summed E-state index contributed by atoms with van der Waals surface area (Å²) in [4.78, 5) is 25.3. The molecule has 0 aliphatic carbocycles. The lowest BCUT2D eigenvalue weighted by Gasteiger charge is -2.39. The smallest absolute Gasteiger partial charge is 0.378 e. The van der Waals surface area contributed by atoms with Gasteiger partial charge in [0.15, 0.2) is 11.9 Å². The molecule has 7 atom stereocenters. The van der Waals surface area contributed by atoms with Crippen molar-refractivity contribution in [3.05, 3.63) is 11.5 Å². The van der Waals surface area contributed by atoms with Crippen molar-refractivity contribution < 1.29 is 59.2 Å². The van der Waals surface area contributed by atoms with E-state index < -0.39 is 85.5 Å². The normalized spacial score (nSPS) is 29.4. The zero-order valence-electron chi connectivity index (χ0n) is 20.8. The third-order valence-corrected chi connectivity index (χ3v) is 6.43. The molecule has 12 heteroatoms. The summed E-state index contributed by atoms with van der Waals surface area (Å²) >= 11 is 0. The first kappa shape index (κ1) is 30.3. The zero-order chi connectivity index (χ0) is 26.8. The first-order valence-electron chi connectivity index (χ1n) is 12.6. The number of hydrogen-bond donors (Lipinski definition) is 6. The van der Waals surface area contributed by atoms with E-state index in [0.717, 1.165) is 38.5 Å². The molecular formula is C24H40O12. The van der Waals surface area contributed by atoms with Crippen LogP contribution in [0.4, 0.5) is 0 Å². The Morgan fingerprint density at radius 3 is 2.11 bits per heavy atom. The molecule has 36 heavy (non-hydrogen) atoms. The molecule has 6 N–H and O–H groups in total. The van der Waals surface area contributed by atoms with Gasteiger partial charge in [-0.1, -0.05) is 52.4 Å². The highest BCUT2D eigenvalue weighted by Crippen LogP contribution is 2.31. The number of cyclic esters (lactones) is 1. The second-order valence-corrected chi connectivity index (χ2v) is 9.20. The van der Waals surface area contributed by atoms with Crippen LogP contribution in [0.25, 0.3) is 0 Å². The summed E-state index contributed by atoms with van der Waals surface area (Å²) < 4.78 is 20.9. The summed E-state index contributed by atoms with van der Waals surface area (Å²) in [5.41, 5.74) is 0. The molecule has 2 rings (SSSR count). The van der Waals surface area contributed by atoms with Crippen LogP contribution in [0.5, 0.6) is 0 Å². The molecule has 2 heterocycles. The lowest BCUT2D eigenvalue weighted by atomic mass is 9.95. The third kappa shape index (κ3) is 7.53. The number of rotatable bonds is 15. The van der Waals surface area contributed by atoms with Crippen LogP contribution in [0.2, 0.25) is 0 Å². The average molecular weight is 521 g/mol. The van der Waals surface area contributed by atoms with Crippen molar-refractivity contribution in [1.29, 1.82) is 0 Å². The van der Waals surface area contributed by atoms with Gasteiger partial charge < -0.3 is 49.6 Å². The van der Waals surface area contributed by atoms with Crippen LogP contribution in [-0.4, -0.2) is 98.7 Å². The van der Waals surface area contributed by atoms with Crippen molar-refractivity contribution in [3.8, 4) is 0 Å². The Hall–Kier alpha value is -1.96. The number of carbonyl (C=O) groups is 2. The van der Waals surface area contributed by atoms with Crippen molar-refractivity contribution in [1.82, 2.24) is 0 Å². The predicted molar refractivity (Wildman–Crippen MR) is 123 cm³/mol. The van der Waals surface area contributed by atoms with Crippen molar-refractivity contribution in [2.24, 2.45) is 5.92 Å². The SMILES string of the molecule is CCCCCC(CCCCC)C(=O)O[C@@H](CO)[C@H]1OC(=O)C(O[C@H]2O[C@H](CO)[C@@H](O)[C@H](O)[C@H]2O)=C1O. The van der Waals surface area contributed by atoms with Gasteiger partial charge in [0.2, 0.25) is 18.2 Å². The molecule has 208 valence electrons. The van der Waals surface area contributed by atoms with Crippen molar-refractivity contribution in [2.45, 2.75) is 108 Å². The van der Waals surface area contributed by atoms with Gasteiger partial charge in [-0.2, -0.15) is 0 Å². The molecule has 0 unspecified atom stereocenters. The Morgan fingerprint density at radius 2 is 1.58 bits per heavy atom. The van der Waals surface area contributed by atoms with E-state index in [1.165, 1.54) is 0 Å². The highest BCUT2D eigenvalue weighted by Gasteiger charge is 2.49. The molecule has 0 spiro atoms. The second-order valence-electron chi connectivity index (χ2n) is 9.20. The van der Waals surface area contributed by atoms with E-state index in [9.17, 15) is 40.2 Å². The number of aliphatic hydroxyl groups is 6. The topological polar surface area (TPSA) is 192 Å². The summed E-state index contributed by atoms with van der Waals surface area (Å²) in [6.45, 7) is 2.64. The summed E-state index contributed by atoms with van der Waals surface area (Å²) in [6, 6.07) is 0. The largest absolute Gasteiger partial charge is 0.505 e. The van der Waals surface area contributed by atoms with E-state index in [0.29, 0.717) is 12.8 Å². The van der Waals surface area contributed by atoms with Crippen LogP contribution in [-0.2, 0) is 28.5 Å². The van der Waals surface area contributed by atoms with Crippen molar-refractivity contribution in [2.75, 3.05) is 13.2 Å². The molecule has 0 amide bonds. The minimum absolute atomic E-state index is 0.398. The quantitative estimate of drug-likeness (QED) is 0.127. The summed E-state index contributed by atoms with van der Waals surface area (Å²) in [7, 11) is 0. The Labute approximate surface area is 210 Å². The summed E-state index contributed by atoms with van der Waals surface area (Å²) in [6.07, 6.45) is -4.41. The number of carbonyl (C=O) groups excluding carboxylic acids is 2. The van der Waals surface area contributed by atoms with Crippen LogP contribution in [0.3, 0.4) is 0 Å². The highest BCUT2D eigenvalue weighted by molar-refractivity contribution is 5.89. The van der Waals surface area contributed by atoms with Gasteiger partial charge in [-0.15, -0.1) is 0 Å². The number of aliphatic hydroxyl groups excluding tert-OH is 6. The van der Waals surface area contributed by atoms with Gasteiger partial charge in [0.1, 0.15) is 24.4 Å². The monoisotopic (exact) mass is 520 g/mol. The van der Waals surface area contributed by atoms with Gasteiger partial charge in [0, 0.05) is 0 Å². The standard InChI is InChI=1S/C24H40O12/c1-3-5-7-9-13(10-8-6-4-2)22(31)33-15(12-26)20-19(30)21(23(32)35-20)36-24-18(29)17(28)16(27)14(11-25)34-24/h13-18,20,24-30H,3-12H2,1-2H3/t14-,15+,16-,17+,18-,20-,24-/m1/s1. The second kappa shape index (κ2) is 14.7. The van der Waals surface area contributed by atoms with Gasteiger partial charge in [0.25, 0.3) is 0 Å². The van der Waals surface area contributed by atoms with Crippen LogP contribution in [0.1, 0.15) is 65.2 Å². The predicted octanol–water partition coefficient (Wildman–Crippen LogP) is 0.179. The zero-order valence-corrected chi connectivity index (χ0v) is 20.8. The van der Waals surface area contributed by atoms with Crippen LogP contribution in [0, 0.1) is 5.92 Å². The van der Waals surface area contributed by atoms with Gasteiger partial charge >= 0.3 is 11.9 Å². The van der Waals surface area contributed by atoms with Gasteiger partial charge in [0.05, 0.1) is 19.1 Å². The lowest BCUT2D eigenvalue weighted by Crippen LogP contribution is -2.59. The van der Waals surface area contributed by atoms with Gasteiger partial charge in [-0.25, -0.2) is 4.79 Å². The Bertz CT molecular complexity index is 729. The number of esters is 2. The molecule has 0 aromatic heterocycles. The summed E-state index contributed by atoms with van der Waals surface area (Å²) in [5.74, 6) is -3.70. The van der Waals surface area contributed by atoms with Crippen molar-refractivity contribution >= 4 is 11.9 Å². The maximum Gasteiger partial charge on any atom is 0.378 e. The molecule has 0 radical (unpaired) electrons. The van der Waals surface area contributed by atoms with Crippen LogP contribution in [0.15, 0.2) is 11.5 Å². The Kier molecular flexibility index (Phi) is 12.4. The molecule has 2 aliphatic rings.